The van der Waals surface area contributed by atoms with Crippen LogP contribution in [0.3, 0.4) is 0 Å². The third kappa shape index (κ3) is 31.5. The summed E-state index contributed by atoms with van der Waals surface area (Å²) in [7, 11) is 0. The molecule has 40 heavy (non-hydrogen) atoms. The lowest BCUT2D eigenvalue weighted by atomic mass is 10.0. The van der Waals surface area contributed by atoms with Crippen molar-refractivity contribution in [2.45, 2.75) is 219 Å². The molecule has 1 N–H and O–H groups in total. The van der Waals surface area contributed by atoms with Gasteiger partial charge in [0.2, 0.25) is 0 Å². The molecule has 1 atom stereocenters. The van der Waals surface area contributed by atoms with Crippen LogP contribution in [0.5, 0.6) is 0 Å². The van der Waals surface area contributed by atoms with Gasteiger partial charge < -0.3 is 9.84 Å². The lowest BCUT2D eigenvalue weighted by Gasteiger charge is -2.16. The number of unbranched alkanes of at least 4 members (excludes halogenated alkanes) is 25. The van der Waals surface area contributed by atoms with Crippen molar-refractivity contribution in [2.24, 2.45) is 0 Å². The summed E-state index contributed by atoms with van der Waals surface area (Å²) in [6.07, 6.45) is 37.8. The summed E-state index contributed by atoms with van der Waals surface area (Å²) in [6.45, 7) is 4.42. The molecular weight excluding hydrogens is 496 g/mol. The number of esters is 1. The first-order chi connectivity index (χ1) is 19.6. The van der Waals surface area contributed by atoms with Crippen LogP contribution < -0.4 is 0 Å². The number of carboxylic acids is 1. The Morgan fingerprint density at radius 1 is 0.475 bits per heavy atom. The monoisotopic (exact) mass is 567 g/mol. The predicted molar refractivity (Wildman–Crippen MR) is 172 cm³/mol. The van der Waals surface area contributed by atoms with Crippen LogP contribution in [-0.2, 0) is 14.3 Å². The number of carbonyl (C=O) groups excluding carboxylic acids is 1. The van der Waals surface area contributed by atoms with E-state index in [-0.39, 0.29) is 12.1 Å². The Bertz CT molecular complexity index is 533. The minimum absolute atomic E-state index is 0.0238. The minimum Gasteiger partial charge on any atom is -0.481 e. The first kappa shape index (κ1) is 38.9. The zero-order valence-electron chi connectivity index (χ0n) is 27.2. The standard InChI is InChI=1S/C36H70O4/c1-3-5-6-7-8-9-16-21-24-27-30-33-36(39)40-34(4-2)31-28-25-22-19-17-14-12-10-11-13-15-18-20-23-26-29-32-35(37)38/h34H,3-33H2,1-2H3,(H,37,38). The molecule has 0 bridgehead atoms. The van der Waals surface area contributed by atoms with Gasteiger partial charge in [-0.2, -0.15) is 0 Å². The SMILES string of the molecule is CCCCCCCCCCCCCC(=O)OC(CC)CCCCCCCCCCCCCCCCCCC(=O)O. The van der Waals surface area contributed by atoms with Crippen molar-refractivity contribution in [1.29, 1.82) is 0 Å². The number of carbonyl (C=O) groups is 2. The molecule has 0 rings (SSSR count). The number of hydrogen-bond acceptors (Lipinski definition) is 3. The van der Waals surface area contributed by atoms with Crippen LogP contribution in [0.4, 0.5) is 0 Å². The third-order valence-electron chi connectivity index (χ3n) is 8.40. The van der Waals surface area contributed by atoms with Gasteiger partial charge in [0.25, 0.3) is 0 Å². The quantitative estimate of drug-likeness (QED) is 0.0633. The lowest BCUT2D eigenvalue weighted by Crippen LogP contribution is -2.17. The number of ether oxygens (including phenoxy) is 1. The van der Waals surface area contributed by atoms with Gasteiger partial charge in [0.15, 0.2) is 0 Å². The predicted octanol–water partition coefficient (Wildman–Crippen LogP) is 12.1. The Morgan fingerprint density at radius 2 is 0.800 bits per heavy atom. The summed E-state index contributed by atoms with van der Waals surface area (Å²) in [5.74, 6) is -0.639. The molecule has 4 nitrogen and oxygen atoms in total. The molecule has 0 fully saturated rings. The van der Waals surface area contributed by atoms with Gasteiger partial charge in [-0.15, -0.1) is 0 Å². The highest BCUT2D eigenvalue weighted by Crippen LogP contribution is 2.17. The van der Waals surface area contributed by atoms with Gasteiger partial charge in [0.1, 0.15) is 6.10 Å². The summed E-state index contributed by atoms with van der Waals surface area (Å²) in [5.41, 5.74) is 0. The van der Waals surface area contributed by atoms with Gasteiger partial charge in [0, 0.05) is 12.8 Å². The maximum absolute atomic E-state index is 12.2. The first-order valence-electron chi connectivity index (χ1n) is 18.0. The summed E-state index contributed by atoms with van der Waals surface area (Å²) >= 11 is 0. The maximum Gasteiger partial charge on any atom is 0.306 e. The Labute approximate surface area is 250 Å². The van der Waals surface area contributed by atoms with Crippen LogP contribution in [0.2, 0.25) is 0 Å². The van der Waals surface area contributed by atoms with Crippen molar-refractivity contribution in [1.82, 2.24) is 0 Å². The highest BCUT2D eigenvalue weighted by atomic mass is 16.5. The van der Waals surface area contributed by atoms with Gasteiger partial charge in [-0.05, 0) is 32.1 Å². The van der Waals surface area contributed by atoms with E-state index in [0.717, 1.165) is 32.1 Å². The van der Waals surface area contributed by atoms with E-state index in [9.17, 15) is 9.59 Å². The molecule has 4 heteroatoms. The second-order valence-electron chi connectivity index (χ2n) is 12.4. The summed E-state index contributed by atoms with van der Waals surface area (Å²) in [4.78, 5) is 22.7. The number of aliphatic carboxylic acids is 1. The van der Waals surface area contributed by atoms with Crippen molar-refractivity contribution in [3.05, 3.63) is 0 Å². The molecule has 0 spiro atoms. The molecule has 0 heterocycles. The van der Waals surface area contributed by atoms with Crippen LogP contribution in [0.25, 0.3) is 0 Å². The van der Waals surface area contributed by atoms with Gasteiger partial charge in [-0.3, -0.25) is 9.59 Å². The van der Waals surface area contributed by atoms with E-state index in [1.54, 1.807) is 0 Å². The molecule has 0 saturated carbocycles. The zero-order chi connectivity index (χ0) is 29.4. The smallest absolute Gasteiger partial charge is 0.306 e. The summed E-state index contributed by atoms with van der Waals surface area (Å²) in [5, 5.41) is 8.64. The van der Waals surface area contributed by atoms with Crippen molar-refractivity contribution in [3.63, 3.8) is 0 Å². The molecule has 0 aromatic carbocycles. The van der Waals surface area contributed by atoms with Crippen molar-refractivity contribution < 1.29 is 19.4 Å². The zero-order valence-corrected chi connectivity index (χ0v) is 27.2. The van der Waals surface area contributed by atoms with E-state index in [1.807, 2.05) is 0 Å². The molecular formula is C36H70O4. The lowest BCUT2D eigenvalue weighted by molar-refractivity contribution is -0.149. The molecule has 0 saturated heterocycles. The highest BCUT2D eigenvalue weighted by molar-refractivity contribution is 5.69. The fourth-order valence-corrected chi connectivity index (χ4v) is 5.65. The molecule has 0 aliphatic carbocycles. The van der Waals surface area contributed by atoms with E-state index in [4.69, 9.17) is 9.84 Å². The van der Waals surface area contributed by atoms with Crippen LogP contribution in [-0.4, -0.2) is 23.1 Å². The molecule has 0 aromatic heterocycles. The minimum atomic E-state index is -0.662. The van der Waals surface area contributed by atoms with E-state index >= 15 is 0 Å². The summed E-state index contributed by atoms with van der Waals surface area (Å²) in [6, 6.07) is 0. The van der Waals surface area contributed by atoms with Gasteiger partial charge in [0.05, 0.1) is 0 Å². The Balaban J connectivity index is 3.38. The second kappa shape index (κ2) is 32.5. The topological polar surface area (TPSA) is 63.6 Å². The highest BCUT2D eigenvalue weighted by Gasteiger charge is 2.12. The van der Waals surface area contributed by atoms with Gasteiger partial charge in [-0.1, -0.05) is 168 Å². The van der Waals surface area contributed by atoms with Gasteiger partial charge >= 0.3 is 11.9 Å². The molecule has 1 unspecified atom stereocenters. The van der Waals surface area contributed by atoms with Crippen LogP contribution >= 0.6 is 0 Å². The van der Waals surface area contributed by atoms with E-state index in [2.05, 4.69) is 13.8 Å². The normalized spacial score (nSPS) is 12.1. The number of hydrogen-bond donors (Lipinski definition) is 1. The molecule has 0 amide bonds. The third-order valence-corrected chi connectivity index (χ3v) is 8.40. The average molecular weight is 567 g/mol. The Morgan fingerprint density at radius 3 is 1.15 bits per heavy atom. The summed E-state index contributed by atoms with van der Waals surface area (Å²) < 4.78 is 5.77. The van der Waals surface area contributed by atoms with Crippen molar-refractivity contribution in [2.75, 3.05) is 0 Å². The maximum atomic E-state index is 12.2. The Hall–Kier alpha value is -1.06. The fourth-order valence-electron chi connectivity index (χ4n) is 5.65. The van der Waals surface area contributed by atoms with Crippen molar-refractivity contribution >= 4 is 11.9 Å². The average Bonchev–Trinajstić information content (AvgIpc) is 2.94. The molecule has 0 aliphatic rings. The van der Waals surface area contributed by atoms with Gasteiger partial charge in [-0.25, -0.2) is 0 Å². The van der Waals surface area contributed by atoms with Crippen LogP contribution in [0.15, 0.2) is 0 Å². The largest absolute Gasteiger partial charge is 0.481 e. The fraction of sp³-hybridized carbons (Fsp3) is 0.944. The second-order valence-corrected chi connectivity index (χ2v) is 12.4. The first-order valence-corrected chi connectivity index (χ1v) is 18.0. The molecule has 0 aliphatic heterocycles. The van der Waals surface area contributed by atoms with Crippen LogP contribution in [0, 0.1) is 0 Å². The number of rotatable bonds is 33. The Kier molecular flexibility index (Phi) is 31.6. The van der Waals surface area contributed by atoms with E-state index < -0.39 is 5.97 Å². The molecule has 238 valence electrons. The van der Waals surface area contributed by atoms with Crippen LogP contribution in [0.1, 0.15) is 213 Å². The van der Waals surface area contributed by atoms with E-state index in [1.165, 1.54) is 154 Å². The van der Waals surface area contributed by atoms with E-state index in [0.29, 0.717) is 12.8 Å². The van der Waals surface area contributed by atoms with Crippen molar-refractivity contribution in [3.8, 4) is 0 Å². The number of carboxylic acid groups (broad SMARTS) is 1. The molecule has 0 aromatic rings. The molecule has 0 radical (unpaired) electrons.